The summed E-state index contributed by atoms with van der Waals surface area (Å²) in [6, 6.07) is 9.83. The summed E-state index contributed by atoms with van der Waals surface area (Å²) in [6.07, 6.45) is 0.376. The summed E-state index contributed by atoms with van der Waals surface area (Å²) < 4.78 is 7.18. The van der Waals surface area contributed by atoms with Gasteiger partial charge in [-0.25, -0.2) is 9.97 Å². The lowest BCUT2D eigenvalue weighted by Crippen LogP contribution is -2.25. The molecule has 4 rings (SSSR count). The van der Waals surface area contributed by atoms with E-state index in [0.29, 0.717) is 24.8 Å². The van der Waals surface area contributed by atoms with Crippen molar-refractivity contribution in [2.24, 2.45) is 0 Å². The quantitative estimate of drug-likeness (QED) is 0.753. The fourth-order valence-electron chi connectivity index (χ4n) is 3.74. The summed E-state index contributed by atoms with van der Waals surface area (Å²) in [6.45, 7) is 8.37. The maximum Gasteiger partial charge on any atom is 0.252 e. The zero-order chi connectivity index (χ0) is 19.8. The molecule has 0 unspecified atom stereocenters. The number of aryl methyl sites for hydroxylation is 3. The fourth-order valence-corrected chi connectivity index (χ4v) is 3.74. The normalized spacial score (nSPS) is 15.9. The first-order valence-corrected chi connectivity index (χ1v) is 9.41. The third kappa shape index (κ3) is 3.24. The van der Waals surface area contributed by atoms with Crippen LogP contribution in [0.15, 0.2) is 30.3 Å². The van der Waals surface area contributed by atoms with Crippen LogP contribution in [-0.4, -0.2) is 32.3 Å². The van der Waals surface area contributed by atoms with E-state index in [4.69, 9.17) is 4.74 Å². The Kier molecular flexibility index (Phi) is 4.58. The Morgan fingerprint density at radius 3 is 2.46 bits per heavy atom. The van der Waals surface area contributed by atoms with Gasteiger partial charge in [-0.1, -0.05) is 12.1 Å². The van der Waals surface area contributed by atoms with Gasteiger partial charge in [-0.05, 0) is 51.5 Å². The number of rotatable bonds is 4. The first-order chi connectivity index (χ1) is 13.5. The van der Waals surface area contributed by atoms with E-state index >= 15 is 0 Å². The molecule has 1 N–H and O–H groups in total. The van der Waals surface area contributed by atoms with E-state index < -0.39 is 0 Å². The van der Waals surface area contributed by atoms with Crippen LogP contribution < -0.4 is 10.1 Å². The van der Waals surface area contributed by atoms with Crippen molar-refractivity contribution in [2.45, 2.75) is 40.0 Å². The summed E-state index contributed by atoms with van der Waals surface area (Å²) in [5, 5.41) is 7.63. The first-order valence-electron chi connectivity index (χ1n) is 9.41. The number of benzene rings is 1. The largest absolute Gasteiger partial charge is 0.494 e. The molecule has 7 nitrogen and oxygen atoms in total. The molecule has 0 saturated carbocycles. The number of carbonyl (C=O) groups excluding carboxylic acids is 1. The van der Waals surface area contributed by atoms with Gasteiger partial charge in [0.1, 0.15) is 11.6 Å². The summed E-state index contributed by atoms with van der Waals surface area (Å²) in [5.74, 6) is 1.82. The van der Waals surface area contributed by atoms with E-state index in [9.17, 15) is 4.79 Å². The van der Waals surface area contributed by atoms with Crippen molar-refractivity contribution in [3.05, 3.63) is 58.5 Å². The number of aromatic nitrogens is 4. The van der Waals surface area contributed by atoms with Crippen molar-refractivity contribution in [1.29, 1.82) is 0 Å². The maximum atomic E-state index is 12.5. The fraction of sp³-hybridized carbons (Fsp3) is 0.333. The van der Waals surface area contributed by atoms with Gasteiger partial charge in [0.15, 0.2) is 0 Å². The van der Waals surface area contributed by atoms with Crippen LogP contribution in [0.25, 0.3) is 5.95 Å². The second-order valence-electron chi connectivity index (χ2n) is 7.02. The molecule has 1 aromatic carbocycles. The number of nitrogens with one attached hydrogen (secondary N) is 1. The van der Waals surface area contributed by atoms with Crippen molar-refractivity contribution in [2.75, 3.05) is 11.9 Å². The lowest BCUT2D eigenvalue weighted by molar-refractivity contribution is -0.116. The number of hydrogen-bond acceptors (Lipinski definition) is 5. The number of hydrogen-bond donors (Lipinski definition) is 1. The van der Waals surface area contributed by atoms with Gasteiger partial charge in [0, 0.05) is 29.3 Å². The van der Waals surface area contributed by atoms with Gasteiger partial charge in [-0.15, -0.1) is 0 Å². The molecule has 1 aliphatic heterocycles. The predicted octanol–water partition coefficient (Wildman–Crippen LogP) is 3.46. The lowest BCUT2D eigenvalue weighted by Gasteiger charge is -2.24. The summed E-state index contributed by atoms with van der Waals surface area (Å²) in [7, 11) is 0. The number of ether oxygens (including phenoxy) is 1. The second kappa shape index (κ2) is 7.07. The van der Waals surface area contributed by atoms with E-state index in [0.717, 1.165) is 34.0 Å². The molecule has 0 bridgehead atoms. The molecule has 0 fully saturated rings. The van der Waals surface area contributed by atoms with Crippen LogP contribution in [0.3, 0.4) is 0 Å². The van der Waals surface area contributed by atoms with Crippen molar-refractivity contribution in [3.63, 3.8) is 0 Å². The molecule has 3 aromatic rings. The van der Waals surface area contributed by atoms with Gasteiger partial charge >= 0.3 is 0 Å². The lowest BCUT2D eigenvalue weighted by atomic mass is 9.86. The summed E-state index contributed by atoms with van der Waals surface area (Å²) in [5.41, 5.74) is 4.64. The highest BCUT2D eigenvalue weighted by molar-refractivity contribution is 5.95. The Morgan fingerprint density at radius 1 is 1.14 bits per heavy atom. The van der Waals surface area contributed by atoms with Crippen molar-refractivity contribution in [1.82, 2.24) is 19.7 Å². The van der Waals surface area contributed by atoms with Crippen LogP contribution in [0.4, 0.5) is 5.82 Å². The average Bonchev–Trinajstić information content (AvgIpc) is 2.98. The van der Waals surface area contributed by atoms with Gasteiger partial charge in [-0.3, -0.25) is 4.79 Å². The van der Waals surface area contributed by atoms with Crippen LogP contribution in [0.2, 0.25) is 0 Å². The van der Waals surface area contributed by atoms with Crippen LogP contribution >= 0.6 is 0 Å². The minimum absolute atomic E-state index is 0.0445. The molecule has 1 amide bonds. The minimum Gasteiger partial charge on any atom is -0.494 e. The van der Waals surface area contributed by atoms with Crippen LogP contribution in [0, 0.1) is 20.8 Å². The van der Waals surface area contributed by atoms with E-state index in [1.165, 1.54) is 0 Å². The monoisotopic (exact) mass is 377 g/mol. The van der Waals surface area contributed by atoms with Crippen LogP contribution in [-0.2, 0) is 4.79 Å². The number of amides is 1. The van der Waals surface area contributed by atoms with Crippen molar-refractivity contribution in [3.8, 4) is 11.7 Å². The van der Waals surface area contributed by atoms with E-state index in [-0.39, 0.29) is 11.8 Å². The molecular weight excluding hydrogens is 354 g/mol. The molecular formula is C21H23N5O2. The van der Waals surface area contributed by atoms with E-state index in [1.807, 2.05) is 58.0 Å². The van der Waals surface area contributed by atoms with Crippen LogP contribution in [0.5, 0.6) is 5.75 Å². The second-order valence-corrected chi connectivity index (χ2v) is 7.02. The van der Waals surface area contributed by atoms with E-state index in [1.54, 1.807) is 4.68 Å². The van der Waals surface area contributed by atoms with Gasteiger partial charge in [0.2, 0.25) is 5.91 Å². The Hall–Kier alpha value is -3.22. The molecule has 0 aliphatic carbocycles. The van der Waals surface area contributed by atoms with Crippen LogP contribution in [0.1, 0.15) is 47.5 Å². The Bertz CT molecular complexity index is 1020. The third-order valence-electron chi connectivity index (χ3n) is 4.86. The molecule has 28 heavy (non-hydrogen) atoms. The van der Waals surface area contributed by atoms with Gasteiger partial charge in [-0.2, -0.15) is 9.78 Å². The third-order valence-corrected chi connectivity index (χ3v) is 4.86. The highest BCUT2D eigenvalue weighted by atomic mass is 16.5. The molecule has 0 radical (unpaired) electrons. The summed E-state index contributed by atoms with van der Waals surface area (Å²) >= 11 is 0. The van der Waals surface area contributed by atoms with Gasteiger partial charge in [0.25, 0.3) is 5.95 Å². The molecule has 1 atom stereocenters. The Morgan fingerprint density at radius 2 is 1.82 bits per heavy atom. The zero-order valence-electron chi connectivity index (χ0n) is 16.5. The highest BCUT2D eigenvalue weighted by Crippen LogP contribution is 2.40. The number of carbonyl (C=O) groups is 1. The standard InChI is InChI=1S/C21H23N5O2/c1-5-28-16-8-6-15(7-9-16)17-11-18(27)24-20-19(17)14(4)25-26(20)21-22-12(2)10-13(3)23-21/h6-10,17H,5,11H2,1-4H3,(H,24,27)/t17-/m0/s1. The number of fused-ring (bicyclic) bond motifs is 1. The van der Waals surface area contributed by atoms with Crippen molar-refractivity contribution >= 4 is 11.7 Å². The topological polar surface area (TPSA) is 81.9 Å². The SMILES string of the molecule is CCOc1ccc([C@@H]2CC(=O)Nc3c2c(C)nn3-c2nc(C)cc(C)n2)cc1. The smallest absolute Gasteiger partial charge is 0.252 e. The molecule has 0 saturated heterocycles. The number of anilines is 1. The van der Waals surface area contributed by atoms with Gasteiger partial charge in [0.05, 0.1) is 12.3 Å². The molecule has 0 spiro atoms. The van der Waals surface area contributed by atoms with Crippen molar-refractivity contribution < 1.29 is 9.53 Å². The highest BCUT2D eigenvalue weighted by Gasteiger charge is 2.33. The molecule has 144 valence electrons. The van der Waals surface area contributed by atoms with Gasteiger partial charge < -0.3 is 10.1 Å². The predicted molar refractivity (Wildman–Crippen MR) is 106 cm³/mol. The summed E-state index contributed by atoms with van der Waals surface area (Å²) in [4.78, 5) is 21.5. The van der Waals surface area contributed by atoms with E-state index in [2.05, 4.69) is 20.4 Å². The maximum absolute atomic E-state index is 12.5. The molecule has 2 aromatic heterocycles. The number of nitrogens with zero attached hydrogens (tertiary/aromatic N) is 4. The Labute approximate surface area is 163 Å². The molecule has 1 aliphatic rings. The average molecular weight is 377 g/mol. The minimum atomic E-state index is -0.0703. The molecule has 7 heteroatoms. The zero-order valence-corrected chi connectivity index (χ0v) is 16.5. The Balaban J connectivity index is 1.81. The first kappa shape index (κ1) is 18.2. The molecule has 3 heterocycles.